The van der Waals surface area contributed by atoms with E-state index < -0.39 is 0 Å². The van der Waals surface area contributed by atoms with Gasteiger partial charge in [0, 0.05) is 16.4 Å². The minimum absolute atomic E-state index is 0.0431. The molecule has 7 rings (SSSR count). The molecule has 0 atom stereocenters. The number of anilines is 2. The van der Waals surface area contributed by atoms with Gasteiger partial charge in [-0.05, 0) is 110 Å². The number of halogens is 1. The molecule has 0 aliphatic heterocycles. The van der Waals surface area contributed by atoms with E-state index in [0.29, 0.717) is 0 Å². The fourth-order valence-corrected chi connectivity index (χ4v) is 6.13. The van der Waals surface area contributed by atoms with Crippen LogP contribution < -0.4 is 5.32 Å². The SMILES string of the molecule is OCc1ccc(Nc2ccc(C=C(c3ccccc3)c3ccc(-c4ccc(C=C(c5ccccc5)c5ccc(Cl)cc5)cc4)cc3)cc2)cc1. The van der Waals surface area contributed by atoms with Gasteiger partial charge in [0.25, 0.3) is 0 Å². The van der Waals surface area contributed by atoms with Crippen molar-refractivity contribution in [3.05, 3.63) is 226 Å². The molecule has 0 heterocycles. The van der Waals surface area contributed by atoms with Crippen LogP contribution in [-0.4, -0.2) is 5.11 Å². The summed E-state index contributed by atoms with van der Waals surface area (Å²) in [4.78, 5) is 0. The molecule has 0 fully saturated rings. The van der Waals surface area contributed by atoms with Gasteiger partial charge in [-0.2, -0.15) is 0 Å². The molecular formula is C47H36ClNO. The number of aliphatic hydroxyl groups is 1. The highest BCUT2D eigenvalue weighted by atomic mass is 35.5. The number of nitrogens with one attached hydrogen (secondary N) is 1. The van der Waals surface area contributed by atoms with Crippen LogP contribution in [-0.2, 0) is 6.61 Å². The highest BCUT2D eigenvalue weighted by molar-refractivity contribution is 6.30. The van der Waals surface area contributed by atoms with E-state index >= 15 is 0 Å². The standard InChI is InChI=1S/C47H36ClNO/c48-43-25-23-42(24-26-43)47(40-9-5-2-6-10-40)31-34-11-17-37(18-12-34)38-19-21-41(22-20-38)46(39-7-3-1-4-8-39)32-35-13-27-44(28-14-35)49-45-29-15-36(33-50)16-30-45/h1-32,49-50H,33H2. The molecule has 2 nitrogen and oxygen atoms in total. The Balaban J connectivity index is 1.13. The molecular weight excluding hydrogens is 630 g/mol. The van der Waals surface area contributed by atoms with Crippen LogP contribution in [0.2, 0.25) is 5.02 Å². The number of rotatable bonds is 10. The maximum Gasteiger partial charge on any atom is 0.0681 e. The molecule has 0 aliphatic rings. The van der Waals surface area contributed by atoms with E-state index in [-0.39, 0.29) is 6.61 Å². The Hall–Kier alpha value is -5.93. The summed E-state index contributed by atoms with van der Waals surface area (Å²) in [6.45, 7) is 0.0431. The molecule has 0 spiro atoms. The van der Waals surface area contributed by atoms with Crippen molar-refractivity contribution in [1.29, 1.82) is 0 Å². The van der Waals surface area contributed by atoms with Crippen molar-refractivity contribution in [3.63, 3.8) is 0 Å². The molecule has 50 heavy (non-hydrogen) atoms. The van der Waals surface area contributed by atoms with E-state index in [4.69, 9.17) is 11.6 Å². The molecule has 0 aromatic heterocycles. The summed E-state index contributed by atoms with van der Waals surface area (Å²) in [5.41, 5.74) is 14.4. The summed E-state index contributed by atoms with van der Waals surface area (Å²) < 4.78 is 0. The molecule has 0 aliphatic carbocycles. The second kappa shape index (κ2) is 15.5. The van der Waals surface area contributed by atoms with Crippen molar-refractivity contribution in [2.24, 2.45) is 0 Å². The zero-order chi connectivity index (χ0) is 34.1. The fraction of sp³-hybridized carbons (Fsp3) is 0.0213. The Labute approximate surface area is 299 Å². The normalized spacial score (nSPS) is 11.7. The predicted molar refractivity (Wildman–Crippen MR) is 212 cm³/mol. The summed E-state index contributed by atoms with van der Waals surface area (Å²) in [6, 6.07) is 62.8. The van der Waals surface area contributed by atoms with E-state index in [1.165, 1.54) is 11.1 Å². The van der Waals surface area contributed by atoms with Crippen LogP contribution in [0.5, 0.6) is 0 Å². The van der Waals surface area contributed by atoms with Crippen molar-refractivity contribution in [1.82, 2.24) is 0 Å². The highest BCUT2D eigenvalue weighted by Crippen LogP contribution is 2.31. The molecule has 7 aromatic carbocycles. The van der Waals surface area contributed by atoms with Crippen molar-refractivity contribution in [2.75, 3.05) is 5.32 Å². The number of benzene rings is 7. The number of hydrogen-bond acceptors (Lipinski definition) is 2. The minimum Gasteiger partial charge on any atom is -0.392 e. The van der Waals surface area contributed by atoms with Gasteiger partial charge >= 0.3 is 0 Å². The maximum atomic E-state index is 9.32. The molecule has 0 unspecified atom stereocenters. The summed E-state index contributed by atoms with van der Waals surface area (Å²) in [5.74, 6) is 0. The quantitative estimate of drug-likeness (QED) is 0.142. The topological polar surface area (TPSA) is 32.3 Å². The van der Waals surface area contributed by atoms with Gasteiger partial charge in [-0.1, -0.05) is 157 Å². The Morgan fingerprint density at radius 1 is 0.440 bits per heavy atom. The lowest BCUT2D eigenvalue weighted by atomic mass is 9.93. The van der Waals surface area contributed by atoms with Gasteiger partial charge in [-0.3, -0.25) is 0 Å². The first-order valence-electron chi connectivity index (χ1n) is 16.7. The molecule has 3 heteroatoms. The van der Waals surface area contributed by atoms with E-state index in [9.17, 15) is 5.11 Å². The molecule has 0 saturated carbocycles. The Kier molecular flexibility index (Phi) is 10.1. The summed E-state index contributed by atoms with van der Waals surface area (Å²) >= 11 is 6.20. The largest absolute Gasteiger partial charge is 0.392 e. The van der Waals surface area contributed by atoms with Crippen molar-refractivity contribution in [3.8, 4) is 11.1 Å². The molecule has 0 bridgehead atoms. The molecule has 0 saturated heterocycles. The van der Waals surface area contributed by atoms with Gasteiger partial charge in [0.2, 0.25) is 0 Å². The first kappa shape index (κ1) is 32.6. The van der Waals surface area contributed by atoms with E-state index in [2.05, 4.69) is 157 Å². The Morgan fingerprint density at radius 2 is 0.820 bits per heavy atom. The summed E-state index contributed by atoms with van der Waals surface area (Å²) in [7, 11) is 0. The van der Waals surface area contributed by atoms with E-state index in [1.807, 2.05) is 42.5 Å². The van der Waals surface area contributed by atoms with Crippen molar-refractivity contribution < 1.29 is 5.11 Å². The van der Waals surface area contributed by atoms with Gasteiger partial charge in [-0.15, -0.1) is 0 Å². The van der Waals surface area contributed by atoms with Gasteiger partial charge in [0.05, 0.1) is 6.61 Å². The van der Waals surface area contributed by atoms with Crippen LogP contribution >= 0.6 is 11.6 Å². The second-order valence-electron chi connectivity index (χ2n) is 12.2. The van der Waals surface area contributed by atoms with Gasteiger partial charge in [-0.25, -0.2) is 0 Å². The smallest absolute Gasteiger partial charge is 0.0681 e. The monoisotopic (exact) mass is 665 g/mol. The van der Waals surface area contributed by atoms with Crippen LogP contribution in [0.25, 0.3) is 34.4 Å². The predicted octanol–water partition coefficient (Wildman–Crippen LogP) is 12.4. The average molecular weight is 666 g/mol. The molecule has 0 radical (unpaired) electrons. The lowest BCUT2D eigenvalue weighted by Crippen LogP contribution is -1.92. The minimum atomic E-state index is 0.0431. The lowest BCUT2D eigenvalue weighted by Gasteiger charge is -2.12. The van der Waals surface area contributed by atoms with E-state index in [0.717, 1.165) is 66.5 Å². The second-order valence-corrected chi connectivity index (χ2v) is 12.6. The van der Waals surface area contributed by atoms with Gasteiger partial charge < -0.3 is 10.4 Å². The zero-order valence-corrected chi connectivity index (χ0v) is 28.3. The van der Waals surface area contributed by atoms with Crippen molar-refractivity contribution in [2.45, 2.75) is 6.61 Å². The van der Waals surface area contributed by atoms with Crippen LogP contribution in [0.3, 0.4) is 0 Å². The molecule has 0 amide bonds. The molecule has 2 N–H and O–H groups in total. The molecule has 7 aromatic rings. The Bertz CT molecular complexity index is 2200. The first-order valence-corrected chi connectivity index (χ1v) is 17.1. The number of aliphatic hydroxyl groups excluding tert-OH is 1. The third kappa shape index (κ3) is 8.02. The third-order valence-corrected chi connectivity index (χ3v) is 8.97. The van der Waals surface area contributed by atoms with Crippen LogP contribution in [0.15, 0.2) is 182 Å². The lowest BCUT2D eigenvalue weighted by molar-refractivity contribution is 0.282. The average Bonchev–Trinajstić information content (AvgIpc) is 3.18. The van der Waals surface area contributed by atoms with Crippen LogP contribution in [0.1, 0.15) is 38.9 Å². The van der Waals surface area contributed by atoms with Gasteiger partial charge in [0.1, 0.15) is 0 Å². The zero-order valence-electron chi connectivity index (χ0n) is 27.5. The van der Waals surface area contributed by atoms with Crippen molar-refractivity contribution >= 4 is 46.3 Å². The fourth-order valence-electron chi connectivity index (χ4n) is 6.00. The number of hydrogen-bond donors (Lipinski definition) is 2. The van der Waals surface area contributed by atoms with Crippen LogP contribution in [0, 0.1) is 0 Å². The summed E-state index contributed by atoms with van der Waals surface area (Å²) in [5, 5.41) is 13.5. The van der Waals surface area contributed by atoms with Gasteiger partial charge in [0.15, 0.2) is 0 Å². The Morgan fingerprint density at radius 3 is 1.28 bits per heavy atom. The molecule has 242 valence electrons. The van der Waals surface area contributed by atoms with E-state index in [1.54, 1.807) is 0 Å². The highest BCUT2D eigenvalue weighted by Gasteiger charge is 2.09. The summed E-state index contributed by atoms with van der Waals surface area (Å²) in [6.07, 6.45) is 4.48. The first-order chi connectivity index (χ1) is 24.6. The third-order valence-electron chi connectivity index (χ3n) is 8.72. The maximum absolute atomic E-state index is 9.32. The van der Waals surface area contributed by atoms with Crippen LogP contribution in [0.4, 0.5) is 11.4 Å².